The first-order valence-corrected chi connectivity index (χ1v) is 11.7. The second kappa shape index (κ2) is 11.5. The van der Waals surface area contributed by atoms with Crippen LogP contribution in [0.3, 0.4) is 0 Å². The number of benzene rings is 2. The Morgan fingerprint density at radius 3 is 2.17 bits per heavy atom. The summed E-state index contributed by atoms with van der Waals surface area (Å²) in [7, 11) is 0. The Morgan fingerprint density at radius 1 is 0.943 bits per heavy atom. The fourth-order valence-corrected chi connectivity index (χ4v) is 3.80. The number of aryl methyl sites for hydroxylation is 2. The largest absolute Gasteiger partial charge is 0.452 e. The highest BCUT2D eigenvalue weighted by Crippen LogP contribution is 2.17. The van der Waals surface area contributed by atoms with Crippen molar-refractivity contribution in [3.63, 3.8) is 0 Å². The first-order valence-electron chi connectivity index (χ1n) is 11.7. The Kier molecular flexibility index (Phi) is 8.41. The smallest absolute Gasteiger partial charge is 0.342 e. The average molecular weight is 477 g/mol. The van der Waals surface area contributed by atoms with E-state index in [0.717, 1.165) is 5.56 Å². The minimum Gasteiger partial charge on any atom is -0.452 e. The lowest BCUT2D eigenvalue weighted by Gasteiger charge is -2.18. The van der Waals surface area contributed by atoms with E-state index in [2.05, 4.69) is 10.4 Å². The van der Waals surface area contributed by atoms with Crippen molar-refractivity contribution in [2.75, 3.05) is 25.0 Å². The van der Waals surface area contributed by atoms with Crippen molar-refractivity contribution < 1.29 is 19.1 Å². The zero-order valence-corrected chi connectivity index (χ0v) is 20.9. The molecule has 0 saturated heterocycles. The van der Waals surface area contributed by atoms with Crippen LogP contribution in [0.5, 0.6) is 0 Å². The van der Waals surface area contributed by atoms with Gasteiger partial charge in [-0.3, -0.25) is 14.3 Å². The lowest BCUT2D eigenvalue weighted by atomic mass is 10.1. The van der Waals surface area contributed by atoms with Gasteiger partial charge in [-0.05, 0) is 64.4 Å². The molecule has 0 aliphatic rings. The highest BCUT2D eigenvalue weighted by atomic mass is 16.5. The van der Waals surface area contributed by atoms with Crippen LogP contribution in [0, 0.1) is 20.8 Å². The van der Waals surface area contributed by atoms with Gasteiger partial charge in [0.25, 0.3) is 11.8 Å². The third-order valence-electron chi connectivity index (χ3n) is 5.84. The molecule has 1 aromatic heterocycles. The molecule has 1 N–H and O–H groups in total. The number of hydrogen-bond acceptors (Lipinski definition) is 5. The van der Waals surface area contributed by atoms with Crippen LogP contribution in [0.4, 0.5) is 5.69 Å². The van der Waals surface area contributed by atoms with E-state index in [4.69, 9.17) is 4.74 Å². The topological polar surface area (TPSA) is 93.5 Å². The molecule has 1 heterocycles. The van der Waals surface area contributed by atoms with Gasteiger partial charge in [0, 0.05) is 24.3 Å². The van der Waals surface area contributed by atoms with Crippen LogP contribution in [0.25, 0.3) is 0 Å². The minimum absolute atomic E-state index is 0.0597. The van der Waals surface area contributed by atoms with Crippen LogP contribution in [-0.4, -0.2) is 52.2 Å². The molecule has 35 heavy (non-hydrogen) atoms. The molecule has 0 aliphatic heterocycles. The lowest BCUT2D eigenvalue weighted by Crippen LogP contribution is -2.30. The van der Waals surface area contributed by atoms with Crippen LogP contribution >= 0.6 is 0 Å². The quantitative estimate of drug-likeness (QED) is 0.469. The molecule has 0 atom stereocenters. The summed E-state index contributed by atoms with van der Waals surface area (Å²) in [5.41, 5.74) is 4.91. The summed E-state index contributed by atoms with van der Waals surface area (Å²) < 4.78 is 7.02. The van der Waals surface area contributed by atoms with E-state index >= 15 is 0 Å². The Balaban J connectivity index is 1.57. The number of ether oxygens (including phenoxy) is 1. The highest BCUT2D eigenvalue weighted by molar-refractivity contribution is 5.97. The van der Waals surface area contributed by atoms with Gasteiger partial charge >= 0.3 is 5.97 Å². The summed E-state index contributed by atoms with van der Waals surface area (Å²) in [6, 6.07) is 14.8. The molecule has 0 aliphatic carbocycles. The maximum absolute atomic E-state index is 12.7. The molecule has 0 saturated carbocycles. The highest BCUT2D eigenvalue weighted by Gasteiger charge is 2.21. The van der Waals surface area contributed by atoms with Crippen molar-refractivity contribution in [3.8, 4) is 0 Å². The van der Waals surface area contributed by atoms with E-state index in [0.29, 0.717) is 47.8 Å². The number of anilines is 1. The van der Waals surface area contributed by atoms with Gasteiger partial charge in [0.05, 0.1) is 17.9 Å². The van der Waals surface area contributed by atoms with E-state index < -0.39 is 18.5 Å². The van der Waals surface area contributed by atoms with Gasteiger partial charge in [-0.1, -0.05) is 29.8 Å². The molecule has 2 amide bonds. The predicted octanol–water partition coefficient (Wildman–Crippen LogP) is 4.13. The third kappa shape index (κ3) is 6.35. The van der Waals surface area contributed by atoms with Gasteiger partial charge in [-0.25, -0.2) is 4.79 Å². The van der Waals surface area contributed by atoms with Crippen molar-refractivity contribution in [2.24, 2.45) is 0 Å². The van der Waals surface area contributed by atoms with Gasteiger partial charge in [-0.15, -0.1) is 0 Å². The van der Waals surface area contributed by atoms with Gasteiger partial charge < -0.3 is 15.0 Å². The number of carbonyl (C=O) groups excluding carboxylic acids is 3. The number of amides is 2. The monoisotopic (exact) mass is 476 g/mol. The minimum atomic E-state index is -0.592. The number of carbonyl (C=O) groups is 3. The summed E-state index contributed by atoms with van der Waals surface area (Å²) in [5, 5.41) is 7.16. The molecule has 0 fully saturated rings. The zero-order chi connectivity index (χ0) is 25.5. The molecular formula is C27H32N4O4. The van der Waals surface area contributed by atoms with Crippen LogP contribution in [0.15, 0.2) is 48.5 Å². The summed E-state index contributed by atoms with van der Waals surface area (Å²) in [5.74, 6) is -1.12. The summed E-state index contributed by atoms with van der Waals surface area (Å²) in [6.07, 6.45) is 0. The average Bonchev–Trinajstić information content (AvgIpc) is 3.12. The fraction of sp³-hybridized carbons (Fsp3) is 0.333. The summed E-state index contributed by atoms with van der Waals surface area (Å²) in [6.45, 7) is 10.8. The Hall–Kier alpha value is -3.94. The van der Waals surface area contributed by atoms with Crippen molar-refractivity contribution >= 4 is 23.5 Å². The van der Waals surface area contributed by atoms with E-state index in [1.54, 1.807) is 40.8 Å². The second-order valence-electron chi connectivity index (χ2n) is 8.37. The van der Waals surface area contributed by atoms with Crippen molar-refractivity contribution in [2.45, 2.75) is 41.2 Å². The molecule has 3 rings (SSSR count). The van der Waals surface area contributed by atoms with E-state index in [-0.39, 0.29) is 5.91 Å². The molecule has 3 aromatic rings. The van der Waals surface area contributed by atoms with Crippen LogP contribution in [0.1, 0.15) is 57.1 Å². The molecule has 0 spiro atoms. The van der Waals surface area contributed by atoms with Crippen molar-refractivity contribution in [1.29, 1.82) is 0 Å². The third-order valence-corrected chi connectivity index (χ3v) is 5.84. The maximum Gasteiger partial charge on any atom is 0.342 e. The van der Waals surface area contributed by atoms with Gasteiger partial charge in [-0.2, -0.15) is 5.10 Å². The normalized spacial score (nSPS) is 10.7. The first-order chi connectivity index (χ1) is 16.7. The van der Waals surface area contributed by atoms with Crippen LogP contribution < -0.4 is 5.32 Å². The Morgan fingerprint density at radius 2 is 1.57 bits per heavy atom. The van der Waals surface area contributed by atoms with Crippen LogP contribution in [-0.2, 0) is 16.1 Å². The number of hydrogen-bond donors (Lipinski definition) is 1. The molecular weight excluding hydrogens is 444 g/mol. The number of aromatic nitrogens is 2. The Bertz CT molecular complexity index is 1190. The first kappa shape index (κ1) is 25.7. The molecule has 8 nitrogen and oxygen atoms in total. The molecule has 0 radical (unpaired) electrons. The predicted molar refractivity (Wildman–Crippen MR) is 135 cm³/mol. The standard InChI is InChI=1S/C27H32N4O4/c1-6-30(7-2)26(33)22-12-14-23(15-13-22)28-24(32)17-35-27(34)25-19(4)29-31(20(25)5)16-21-10-8-18(3)9-11-21/h8-15H,6-7,16-17H2,1-5H3,(H,28,32). The molecule has 0 unspecified atom stereocenters. The van der Waals surface area contributed by atoms with Crippen molar-refractivity contribution in [3.05, 3.63) is 82.2 Å². The molecule has 0 bridgehead atoms. The number of rotatable bonds is 9. The number of esters is 1. The van der Waals surface area contributed by atoms with E-state index in [1.807, 2.05) is 52.0 Å². The van der Waals surface area contributed by atoms with Crippen LogP contribution in [0.2, 0.25) is 0 Å². The molecule has 184 valence electrons. The van der Waals surface area contributed by atoms with Gasteiger partial charge in [0.1, 0.15) is 5.56 Å². The zero-order valence-electron chi connectivity index (χ0n) is 20.9. The number of nitrogens with zero attached hydrogens (tertiary/aromatic N) is 3. The van der Waals surface area contributed by atoms with Crippen molar-refractivity contribution in [1.82, 2.24) is 14.7 Å². The molecule has 2 aromatic carbocycles. The SMILES string of the molecule is CCN(CC)C(=O)c1ccc(NC(=O)COC(=O)c2c(C)nn(Cc3ccc(C)cc3)c2C)cc1. The van der Waals surface area contributed by atoms with Gasteiger partial charge in [0.2, 0.25) is 0 Å². The van der Waals surface area contributed by atoms with E-state index in [9.17, 15) is 14.4 Å². The Labute approximate surface area is 205 Å². The lowest BCUT2D eigenvalue weighted by molar-refractivity contribution is -0.119. The fourth-order valence-electron chi connectivity index (χ4n) is 3.80. The van der Waals surface area contributed by atoms with E-state index in [1.165, 1.54) is 5.56 Å². The second-order valence-corrected chi connectivity index (χ2v) is 8.37. The van der Waals surface area contributed by atoms with Gasteiger partial charge in [0.15, 0.2) is 6.61 Å². The summed E-state index contributed by atoms with van der Waals surface area (Å²) in [4.78, 5) is 39.1. The number of nitrogens with one attached hydrogen (secondary N) is 1. The molecule has 8 heteroatoms. The summed E-state index contributed by atoms with van der Waals surface area (Å²) >= 11 is 0. The maximum atomic E-state index is 12.7.